The van der Waals surface area contributed by atoms with Gasteiger partial charge >= 0.3 is 0 Å². The van der Waals surface area contributed by atoms with Crippen LogP contribution in [0.5, 0.6) is 0 Å². The molecular weight excluding hydrogens is 240 g/mol. The molecule has 0 spiro atoms. The van der Waals surface area contributed by atoms with E-state index in [2.05, 4.69) is 5.32 Å². The summed E-state index contributed by atoms with van der Waals surface area (Å²) < 4.78 is 0. The van der Waals surface area contributed by atoms with Crippen molar-refractivity contribution in [3.63, 3.8) is 0 Å². The average Bonchev–Trinajstić information content (AvgIpc) is 3.13. The van der Waals surface area contributed by atoms with Crippen LogP contribution in [0.25, 0.3) is 0 Å². The molecule has 0 aromatic heterocycles. The predicted octanol–water partition coefficient (Wildman–Crippen LogP) is 2.25. The first-order valence-corrected chi connectivity index (χ1v) is 6.61. The molecule has 0 saturated heterocycles. The summed E-state index contributed by atoms with van der Waals surface area (Å²) in [5.74, 6) is -0.160. The van der Waals surface area contributed by atoms with Crippen LogP contribution in [-0.4, -0.2) is 29.3 Å². The molecule has 0 bridgehead atoms. The van der Waals surface area contributed by atoms with Gasteiger partial charge in [0.1, 0.15) is 6.54 Å². The Kier molecular flexibility index (Phi) is 3.88. The Morgan fingerprint density at radius 2 is 2.00 bits per heavy atom. The summed E-state index contributed by atoms with van der Waals surface area (Å²) in [6, 6.07) is 6.16. The molecule has 2 rings (SSSR count). The third-order valence-electron chi connectivity index (χ3n) is 3.36. The van der Waals surface area contributed by atoms with Gasteiger partial charge in [-0.15, -0.1) is 0 Å². The maximum atomic E-state index is 12.0. The molecule has 19 heavy (non-hydrogen) atoms. The van der Waals surface area contributed by atoms with E-state index in [0.29, 0.717) is 0 Å². The number of carbonyl (C=O) groups excluding carboxylic acids is 2. The van der Waals surface area contributed by atoms with E-state index in [1.54, 1.807) is 4.90 Å². The highest BCUT2D eigenvalue weighted by Crippen LogP contribution is 2.26. The SMILES string of the molecule is CC(=O)N(CC(=O)Nc1ccc(C)cc1C)C1CC1. The van der Waals surface area contributed by atoms with Gasteiger partial charge in [0.15, 0.2) is 0 Å². The lowest BCUT2D eigenvalue weighted by atomic mass is 10.1. The summed E-state index contributed by atoms with van der Waals surface area (Å²) in [4.78, 5) is 25.1. The molecule has 1 N–H and O–H groups in total. The van der Waals surface area contributed by atoms with Crippen LogP contribution < -0.4 is 5.32 Å². The summed E-state index contributed by atoms with van der Waals surface area (Å²) in [6.07, 6.45) is 2.02. The summed E-state index contributed by atoms with van der Waals surface area (Å²) in [7, 11) is 0. The highest BCUT2D eigenvalue weighted by atomic mass is 16.2. The van der Waals surface area contributed by atoms with Crippen LogP contribution in [0.2, 0.25) is 0 Å². The molecule has 4 nitrogen and oxygen atoms in total. The Morgan fingerprint density at radius 3 is 2.53 bits per heavy atom. The normalized spacial score (nSPS) is 14.1. The summed E-state index contributed by atoms with van der Waals surface area (Å²) in [6.45, 7) is 5.64. The van der Waals surface area contributed by atoms with E-state index < -0.39 is 0 Å². The smallest absolute Gasteiger partial charge is 0.244 e. The second-order valence-electron chi connectivity index (χ2n) is 5.24. The molecule has 1 aliphatic carbocycles. The van der Waals surface area contributed by atoms with Crippen LogP contribution in [0.15, 0.2) is 18.2 Å². The number of nitrogens with one attached hydrogen (secondary N) is 1. The van der Waals surface area contributed by atoms with E-state index in [4.69, 9.17) is 0 Å². The van der Waals surface area contributed by atoms with Gasteiger partial charge in [0.05, 0.1) is 0 Å². The largest absolute Gasteiger partial charge is 0.331 e. The number of anilines is 1. The van der Waals surface area contributed by atoms with E-state index >= 15 is 0 Å². The highest BCUT2D eigenvalue weighted by molar-refractivity contribution is 5.95. The minimum absolute atomic E-state index is 0.0294. The Balaban J connectivity index is 1.98. The number of hydrogen-bond acceptors (Lipinski definition) is 2. The third kappa shape index (κ3) is 3.56. The fourth-order valence-electron chi connectivity index (χ4n) is 2.18. The summed E-state index contributed by atoms with van der Waals surface area (Å²) >= 11 is 0. The lowest BCUT2D eigenvalue weighted by Crippen LogP contribution is -2.38. The molecule has 1 aromatic carbocycles. The molecule has 1 fully saturated rings. The number of nitrogens with zero attached hydrogens (tertiary/aromatic N) is 1. The zero-order valence-electron chi connectivity index (χ0n) is 11.7. The van der Waals surface area contributed by atoms with Crippen LogP contribution in [0.1, 0.15) is 30.9 Å². The summed E-state index contributed by atoms with van der Waals surface area (Å²) in [5.41, 5.74) is 3.02. The first kappa shape index (κ1) is 13.6. The van der Waals surface area contributed by atoms with Crippen molar-refractivity contribution in [2.75, 3.05) is 11.9 Å². The zero-order valence-corrected chi connectivity index (χ0v) is 11.7. The Labute approximate surface area is 113 Å². The minimum Gasteiger partial charge on any atom is -0.331 e. The maximum Gasteiger partial charge on any atom is 0.244 e. The maximum absolute atomic E-state index is 12.0. The lowest BCUT2D eigenvalue weighted by Gasteiger charge is -2.20. The van der Waals surface area contributed by atoms with Crippen molar-refractivity contribution in [3.05, 3.63) is 29.3 Å². The molecular formula is C15H20N2O2. The monoisotopic (exact) mass is 260 g/mol. The fourth-order valence-corrected chi connectivity index (χ4v) is 2.18. The molecule has 4 heteroatoms. The van der Waals surface area contributed by atoms with Gasteiger partial charge in [0.25, 0.3) is 0 Å². The number of carbonyl (C=O) groups is 2. The third-order valence-corrected chi connectivity index (χ3v) is 3.36. The number of rotatable bonds is 4. The number of aryl methyl sites for hydroxylation is 2. The van der Waals surface area contributed by atoms with Gasteiger partial charge in [-0.25, -0.2) is 0 Å². The minimum atomic E-state index is -0.131. The van der Waals surface area contributed by atoms with Gasteiger partial charge < -0.3 is 10.2 Å². The van der Waals surface area contributed by atoms with Gasteiger partial charge in [-0.3, -0.25) is 9.59 Å². The molecule has 0 unspecified atom stereocenters. The molecule has 0 aliphatic heterocycles. The van der Waals surface area contributed by atoms with Crippen molar-refractivity contribution in [1.29, 1.82) is 0 Å². The van der Waals surface area contributed by atoms with Gasteiger partial charge in [0, 0.05) is 18.7 Å². The Morgan fingerprint density at radius 1 is 1.32 bits per heavy atom. The Hall–Kier alpha value is -1.84. The molecule has 2 amide bonds. The predicted molar refractivity (Wildman–Crippen MR) is 75.0 cm³/mol. The number of amides is 2. The molecule has 0 radical (unpaired) electrons. The average molecular weight is 260 g/mol. The first-order chi connectivity index (χ1) is 8.97. The van der Waals surface area contributed by atoms with E-state index in [1.165, 1.54) is 12.5 Å². The zero-order chi connectivity index (χ0) is 14.0. The van der Waals surface area contributed by atoms with Crippen molar-refractivity contribution in [2.45, 2.75) is 39.7 Å². The van der Waals surface area contributed by atoms with E-state index in [-0.39, 0.29) is 24.4 Å². The van der Waals surface area contributed by atoms with Gasteiger partial charge in [-0.1, -0.05) is 17.7 Å². The van der Waals surface area contributed by atoms with Gasteiger partial charge in [-0.05, 0) is 38.3 Å². The van der Waals surface area contributed by atoms with E-state index in [9.17, 15) is 9.59 Å². The van der Waals surface area contributed by atoms with Crippen molar-refractivity contribution in [3.8, 4) is 0 Å². The molecule has 1 saturated carbocycles. The van der Waals surface area contributed by atoms with Crippen LogP contribution in [0.3, 0.4) is 0 Å². The second kappa shape index (κ2) is 5.43. The van der Waals surface area contributed by atoms with Crippen molar-refractivity contribution in [2.24, 2.45) is 0 Å². The first-order valence-electron chi connectivity index (χ1n) is 6.61. The summed E-state index contributed by atoms with van der Waals surface area (Å²) in [5, 5.41) is 2.87. The van der Waals surface area contributed by atoms with Gasteiger partial charge in [-0.2, -0.15) is 0 Å². The standard InChI is InChI=1S/C15H20N2O2/c1-10-4-7-14(11(2)8-10)16-15(19)9-17(12(3)18)13-5-6-13/h4,7-8,13H,5-6,9H2,1-3H3,(H,16,19). The van der Waals surface area contributed by atoms with Crippen molar-refractivity contribution >= 4 is 17.5 Å². The van der Waals surface area contributed by atoms with E-state index in [0.717, 1.165) is 24.1 Å². The fraction of sp³-hybridized carbons (Fsp3) is 0.467. The van der Waals surface area contributed by atoms with Crippen LogP contribution >= 0.6 is 0 Å². The second-order valence-corrected chi connectivity index (χ2v) is 5.24. The van der Waals surface area contributed by atoms with Crippen LogP contribution in [0.4, 0.5) is 5.69 Å². The van der Waals surface area contributed by atoms with Crippen LogP contribution in [0, 0.1) is 13.8 Å². The molecule has 0 atom stereocenters. The molecule has 1 aromatic rings. The molecule has 0 heterocycles. The van der Waals surface area contributed by atoms with Gasteiger partial charge in [0.2, 0.25) is 11.8 Å². The quantitative estimate of drug-likeness (QED) is 0.902. The van der Waals surface area contributed by atoms with Crippen molar-refractivity contribution in [1.82, 2.24) is 4.90 Å². The molecule has 1 aliphatic rings. The lowest BCUT2D eigenvalue weighted by molar-refractivity contribution is -0.133. The number of hydrogen-bond donors (Lipinski definition) is 1. The Bertz CT molecular complexity index is 507. The highest BCUT2D eigenvalue weighted by Gasteiger charge is 2.32. The topological polar surface area (TPSA) is 49.4 Å². The number of benzene rings is 1. The van der Waals surface area contributed by atoms with Crippen LogP contribution in [-0.2, 0) is 9.59 Å². The van der Waals surface area contributed by atoms with E-state index in [1.807, 2.05) is 32.0 Å². The van der Waals surface area contributed by atoms with Crippen molar-refractivity contribution < 1.29 is 9.59 Å². The molecule has 102 valence electrons.